The minimum Gasteiger partial charge on any atom is -0.393 e. The van der Waals surface area contributed by atoms with E-state index in [1.807, 2.05) is 39.0 Å². The Hall–Kier alpha value is -1.55. The highest BCUT2D eigenvalue weighted by atomic mass is 16.3. The van der Waals surface area contributed by atoms with E-state index in [0.29, 0.717) is 19.5 Å². The summed E-state index contributed by atoms with van der Waals surface area (Å²) in [5, 5.41) is 15.5. The number of hydrogen-bond acceptors (Lipinski definition) is 2. The summed E-state index contributed by atoms with van der Waals surface area (Å²) in [6.45, 7) is 7.11. The van der Waals surface area contributed by atoms with Crippen LogP contribution in [0.3, 0.4) is 0 Å². The van der Waals surface area contributed by atoms with Gasteiger partial charge in [-0.05, 0) is 30.2 Å². The second-order valence-electron chi connectivity index (χ2n) is 6.44. The third-order valence-corrected chi connectivity index (χ3v) is 3.47. The molecule has 0 saturated heterocycles. The zero-order valence-electron chi connectivity index (χ0n) is 13.4. The molecule has 4 heteroatoms. The van der Waals surface area contributed by atoms with E-state index >= 15 is 0 Å². The Morgan fingerprint density at radius 3 is 2.38 bits per heavy atom. The van der Waals surface area contributed by atoms with Gasteiger partial charge in [0.15, 0.2) is 0 Å². The minimum absolute atomic E-state index is 0.145. The second-order valence-corrected chi connectivity index (χ2v) is 6.44. The molecule has 21 heavy (non-hydrogen) atoms. The van der Waals surface area contributed by atoms with Gasteiger partial charge in [-0.25, -0.2) is 4.79 Å². The maximum atomic E-state index is 11.6. The Morgan fingerprint density at radius 2 is 1.76 bits per heavy atom. The predicted molar refractivity (Wildman–Crippen MR) is 86.2 cm³/mol. The third kappa shape index (κ3) is 7.71. The zero-order valence-corrected chi connectivity index (χ0v) is 13.4. The molecule has 0 saturated carbocycles. The van der Waals surface area contributed by atoms with Crippen LogP contribution in [-0.4, -0.2) is 30.3 Å². The van der Waals surface area contributed by atoms with Gasteiger partial charge in [0, 0.05) is 13.1 Å². The molecular weight excluding hydrogens is 264 g/mol. The Balaban J connectivity index is 2.07. The number of aliphatic hydroxyl groups is 1. The molecule has 0 aliphatic rings. The number of carbonyl (C=O) groups is 1. The van der Waals surface area contributed by atoms with E-state index in [4.69, 9.17) is 0 Å². The number of hydrogen-bond donors (Lipinski definition) is 3. The Bertz CT molecular complexity index is 413. The van der Waals surface area contributed by atoms with Gasteiger partial charge in [0.05, 0.1) is 6.10 Å². The van der Waals surface area contributed by atoms with Gasteiger partial charge in [0.2, 0.25) is 0 Å². The molecule has 0 bridgehead atoms. The number of urea groups is 1. The molecule has 3 N–H and O–H groups in total. The van der Waals surface area contributed by atoms with Crippen LogP contribution >= 0.6 is 0 Å². The Morgan fingerprint density at radius 1 is 1.14 bits per heavy atom. The molecule has 0 radical (unpaired) electrons. The Labute approximate surface area is 128 Å². The van der Waals surface area contributed by atoms with Gasteiger partial charge in [-0.2, -0.15) is 0 Å². The lowest BCUT2D eigenvalue weighted by atomic mass is 9.87. The first-order chi connectivity index (χ1) is 9.89. The van der Waals surface area contributed by atoms with E-state index < -0.39 is 6.10 Å². The van der Waals surface area contributed by atoms with Crippen LogP contribution in [0.2, 0.25) is 0 Å². The van der Waals surface area contributed by atoms with Crippen molar-refractivity contribution in [3.8, 4) is 0 Å². The molecule has 0 spiro atoms. The smallest absolute Gasteiger partial charge is 0.314 e. The lowest BCUT2D eigenvalue weighted by molar-refractivity contribution is 0.0564. The van der Waals surface area contributed by atoms with E-state index in [1.165, 1.54) is 5.56 Å². The number of benzene rings is 1. The largest absolute Gasteiger partial charge is 0.393 e. The first-order valence-electron chi connectivity index (χ1n) is 7.63. The van der Waals surface area contributed by atoms with Crippen molar-refractivity contribution in [2.75, 3.05) is 13.1 Å². The molecule has 0 aliphatic heterocycles. The minimum atomic E-state index is -0.407. The summed E-state index contributed by atoms with van der Waals surface area (Å²) in [5.41, 5.74) is 1.14. The lowest BCUT2D eigenvalue weighted by Gasteiger charge is -2.25. The van der Waals surface area contributed by atoms with Gasteiger partial charge in [0.25, 0.3) is 0 Å². The van der Waals surface area contributed by atoms with E-state index in [1.54, 1.807) is 0 Å². The number of amides is 2. The fourth-order valence-corrected chi connectivity index (χ4v) is 1.96. The molecular formula is C17H28N2O2. The molecule has 4 nitrogen and oxygen atoms in total. The quantitative estimate of drug-likeness (QED) is 0.677. The van der Waals surface area contributed by atoms with Gasteiger partial charge >= 0.3 is 6.03 Å². The van der Waals surface area contributed by atoms with Gasteiger partial charge in [0.1, 0.15) is 0 Å². The molecule has 2 amide bonds. The van der Waals surface area contributed by atoms with Crippen LogP contribution in [0.25, 0.3) is 0 Å². The number of aliphatic hydroxyl groups excluding tert-OH is 1. The molecule has 118 valence electrons. The first-order valence-corrected chi connectivity index (χ1v) is 7.63. The van der Waals surface area contributed by atoms with E-state index in [9.17, 15) is 9.90 Å². The summed E-state index contributed by atoms with van der Waals surface area (Å²) in [6.07, 6.45) is 2.04. The zero-order chi connectivity index (χ0) is 15.7. The summed E-state index contributed by atoms with van der Waals surface area (Å²) in [6, 6.07) is 10.1. The van der Waals surface area contributed by atoms with Crippen LogP contribution < -0.4 is 10.6 Å². The van der Waals surface area contributed by atoms with Crippen LogP contribution in [-0.2, 0) is 6.42 Å². The highest BCUT2D eigenvalue weighted by Crippen LogP contribution is 2.20. The highest BCUT2D eigenvalue weighted by molar-refractivity contribution is 5.73. The summed E-state index contributed by atoms with van der Waals surface area (Å²) in [7, 11) is 0. The average Bonchev–Trinajstić information content (AvgIpc) is 2.43. The topological polar surface area (TPSA) is 61.4 Å². The predicted octanol–water partition coefficient (Wildman–Crippen LogP) is 2.72. The maximum Gasteiger partial charge on any atom is 0.314 e. The third-order valence-electron chi connectivity index (χ3n) is 3.47. The van der Waals surface area contributed by atoms with Crippen LogP contribution in [0, 0.1) is 5.41 Å². The first kappa shape index (κ1) is 17.5. The van der Waals surface area contributed by atoms with Crippen LogP contribution in [0.15, 0.2) is 30.3 Å². The SMILES string of the molecule is CC(C)(C)C(O)CCNC(=O)NCCCc1ccccc1. The molecule has 1 aromatic rings. The summed E-state index contributed by atoms with van der Waals surface area (Å²) >= 11 is 0. The van der Waals surface area contributed by atoms with Crippen molar-refractivity contribution < 1.29 is 9.90 Å². The van der Waals surface area contributed by atoms with E-state index in [0.717, 1.165) is 12.8 Å². The summed E-state index contributed by atoms with van der Waals surface area (Å²) < 4.78 is 0. The second kappa shape index (κ2) is 8.67. The van der Waals surface area contributed by atoms with Crippen molar-refractivity contribution in [3.05, 3.63) is 35.9 Å². The number of rotatable bonds is 7. The maximum absolute atomic E-state index is 11.6. The number of aryl methyl sites for hydroxylation is 1. The van der Waals surface area contributed by atoms with Gasteiger partial charge in [-0.3, -0.25) is 0 Å². The monoisotopic (exact) mass is 292 g/mol. The van der Waals surface area contributed by atoms with Crippen molar-refractivity contribution in [3.63, 3.8) is 0 Å². The molecule has 1 aromatic carbocycles. The number of carbonyl (C=O) groups excluding carboxylic acids is 1. The van der Waals surface area contributed by atoms with Crippen molar-refractivity contribution in [1.29, 1.82) is 0 Å². The summed E-state index contributed by atoms with van der Waals surface area (Å²) in [4.78, 5) is 11.6. The fraction of sp³-hybridized carbons (Fsp3) is 0.588. The molecule has 1 rings (SSSR count). The standard InChI is InChI=1S/C17H28N2O2/c1-17(2,3)15(20)11-13-19-16(21)18-12-7-10-14-8-5-4-6-9-14/h4-6,8-9,15,20H,7,10-13H2,1-3H3,(H2,18,19,21). The number of nitrogens with one attached hydrogen (secondary N) is 2. The highest BCUT2D eigenvalue weighted by Gasteiger charge is 2.21. The molecule has 0 fully saturated rings. The molecule has 1 unspecified atom stereocenters. The van der Waals surface area contributed by atoms with Crippen LogP contribution in [0.4, 0.5) is 4.79 Å². The molecule has 0 aromatic heterocycles. The normalized spacial score (nSPS) is 12.8. The van der Waals surface area contributed by atoms with Gasteiger partial charge in [-0.15, -0.1) is 0 Å². The molecule has 1 atom stereocenters. The average molecular weight is 292 g/mol. The molecule has 0 heterocycles. The molecule has 0 aliphatic carbocycles. The van der Waals surface area contributed by atoms with Crippen LogP contribution in [0.5, 0.6) is 0 Å². The fourth-order valence-electron chi connectivity index (χ4n) is 1.96. The van der Waals surface area contributed by atoms with Crippen molar-refractivity contribution in [2.45, 2.75) is 46.1 Å². The van der Waals surface area contributed by atoms with Gasteiger partial charge in [-0.1, -0.05) is 51.1 Å². The van der Waals surface area contributed by atoms with Crippen molar-refractivity contribution >= 4 is 6.03 Å². The van der Waals surface area contributed by atoms with Crippen LogP contribution in [0.1, 0.15) is 39.2 Å². The van der Waals surface area contributed by atoms with E-state index in [-0.39, 0.29) is 11.4 Å². The van der Waals surface area contributed by atoms with Gasteiger partial charge < -0.3 is 15.7 Å². The Kier molecular flexibility index (Phi) is 7.23. The van der Waals surface area contributed by atoms with Crippen molar-refractivity contribution in [1.82, 2.24) is 10.6 Å². The summed E-state index contributed by atoms with van der Waals surface area (Å²) in [5.74, 6) is 0. The van der Waals surface area contributed by atoms with Crippen molar-refractivity contribution in [2.24, 2.45) is 5.41 Å². The van der Waals surface area contributed by atoms with E-state index in [2.05, 4.69) is 22.8 Å². The lowest BCUT2D eigenvalue weighted by Crippen LogP contribution is -2.39.